The lowest BCUT2D eigenvalue weighted by Gasteiger charge is -2.44. The van der Waals surface area contributed by atoms with Crippen LogP contribution in [0.25, 0.3) is 0 Å². The van der Waals surface area contributed by atoms with Gasteiger partial charge in [0.1, 0.15) is 5.75 Å². The molecular weight excluding hydrogens is 346 g/mol. The summed E-state index contributed by atoms with van der Waals surface area (Å²) in [6.07, 6.45) is 7.74. The van der Waals surface area contributed by atoms with Crippen LogP contribution in [0.4, 0.5) is 0 Å². The van der Waals surface area contributed by atoms with Gasteiger partial charge in [-0.2, -0.15) is 0 Å². The van der Waals surface area contributed by atoms with Crippen LogP contribution in [-0.4, -0.2) is 72.1 Å². The van der Waals surface area contributed by atoms with Gasteiger partial charge in [-0.1, -0.05) is 0 Å². The fraction of sp³-hybridized carbons (Fsp3) is 0.650. The van der Waals surface area contributed by atoms with Crippen LogP contribution >= 0.6 is 0 Å². The van der Waals surface area contributed by atoms with Crippen LogP contribution in [0.2, 0.25) is 0 Å². The molecule has 1 aromatic rings. The lowest BCUT2D eigenvalue weighted by molar-refractivity contribution is -0.151. The normalized spacial score (nSPS) is 26.6. The van der Waals surface area contributed by atoms with E-state index in [9.17, 15) is 9.59 Å². The molecule has 0 bridgehead atoms. The molecule has 1 atom stereocenters. The molecule has 0 unspecified atom stereocenters. The highest BCUT2D eigenvalue weighted by molar-refractivity contribution is 5.86. The molecule has 3 aliphatic rings. The molecule has 3 aliphatic heterocycles. The second-order valence-corrected chi connectivity index (χ2v) is 7.77. The summed E-state index contributed by atoms with van der Waals surface area (Å²) in [5, 5.41) is 0. The summed E-state index contributed by atoms with van der Waals surface area (Å²) in [7, 11) is 0. The van der Waals surface area contributed by atoms with E-state index in [0.29, 0.717) is 24.9 Å². The smallest absolute Gasteiger partial charge is 0.260 e. The highest BCUT2D eigenvalue weighted by Gasteiger charge is 2.50. The molecule has 4 heterocycles. The number of aromatic nitrogens is 1. The Kier molecular flexibility index (Phi) is 5.29. The van der Waals surface area contributed by atoms with Crippen molar-refractivity contribution in [2.75, 3.05) is 39.5 Å². The fourth-order valence-electron chi connectivity index (χ4n) is 4.58. The Morgan fingerprint density at radius 1 is 1.30 bits per heavy atom. The first kappa shape index (κ1) is 18.2. The van der Waals surface area contributed by atoms with Crippen molar-refractivity contribution >= 4 is 11.8 Å². The van der Waals surface area contributed by atoms with Crippen LogP contribution in [0.1, 0.15) is 32.1 Å². The van der Waals surface area contributed by atoms with E-state index in [-0.39, 0.29) is 18.4 Å². The van der Waals surface area contributed by atoms with Crippen LogP contribution in [0.5, 0.6) is 5.75 Å². The first-order valence-corrected chi connectivity index (χ1v) is 9.87. The zero-order valence-corrected chi connectivity index (χ0v) is 15.6. The predicted molar refractivity (Wildman–Crippen MR) is 98.2 cm³/mol. The second-order valence-electron chi connectivity index (χ2n) is 7.77. The van der Waals surface area contributed by atoms with E-state index in [0.717, 1.165) is 51.9 Å². The minimum atomic E-state index is -0.402. The number of carbonyl (C=O) groups is 2. The lowest BCUT2D eigenvalue weighted by atomic mass is 9.77. The molecule has 27 heavy (non-hydrogen) atoms. The molecule has 0 aliphatic carbocycles. The Labute approximate surface area is 159 Å². The molecular formula is C20H27N3O4. The van der Waals surface area contributed by atoms with Gasteiger partial charge >= 0.3 is 0 Å². The summed E-state index contributed by atoms with van der Waals surface area (Å²) in [6, 6.07) is 3.85. The fourth-order valence-corrected chi connectivity index (χ4v) is 4.58. The topological polar surface area (TPSA) is 72.0 Å². The van der Waals surface area contributed by atoms with E-state index in [1.54, 1.807) is 29.4 Å². The van der Waals surface area contributed by atoms with Crippen molar-refractivity contribution in [3.05, 3.63) is 24.5 Å². The molecule has 7 heteroatoms. The number of rotatable bonds is 4. The molecule has 4 rings (SSSR count). The van der Waals surface area contributed by atoms with E-state index in [2.05, 4.69) is 9.88 Å². The summed E-state index contributed by atoms with van der Waals surface area (Å²) in [4.78, 5) is 33.7. The number of ether oxygens (including phenoxy) is 2. The number of hydrogen-bond acceptors (Lipinski definition) is 5. The Morgan fingerprint density at radius 3 is 2.93 bits per heavy atom. The molecule has 0 N–H and O–H groups in total. The average molecular weight is 373 g/mol. The van der Waals surface area contributed by atoms with E-state index in [1.165, 1.54) is 0 Å². The van der Waals surface area contributed by atoms with Crippen LogP contribution in [0.3, 0.4) is 0 Å². The Hall–Kier alpha value is -2.15. The number of likely N-dealkylation sites (tertiary alicyclic amines) is 2. The van der Waals surface area contributed by atoms with E-state index in [1.807, 2.05) is 0 Å². The number of pyridine rings is 1. The quantitative estimate of drug-likeness (QED) is 0.799. The van der Waals surface area contributed by atoms with Crippen LogP contribution < -0.4 is 4.74 Å². The Bertz CT molecular complexity index is 677. The standard InChI is InChI=1S/C20H27N3O4/c24-18(14-27-17-3-1-8-21-13-17)22-10-7-20(15-22)6-2-9-23(19(20)25)16-4-11-26-12-5-16/h1,3,8,13,16H,2,4-7,9-12,14-15H2/t20-/m1/s1. The maximum Gasteiger partial charge on any atom is 0.260 e. The highest BCUT2D eigenvalue weighted by atomic mass is 16.5. The maximum atomic E-state index is 13.3. The maximum absolute atomic E-state index is 13.3. The third kappa shape index (κ3) is 3.78. The average Bonchev–Trinajstić information content (AvgIpc) is 3.15. The number of piperidine rings is 1. The molecule has 146 valence electrons. The zero-order valence-electron chi connectivity index (χ0n) is 15.6. The van der Waals surface area contributed by atoms with Gasteiger partial charge in [0.15, 0.2) is 6.61 Å². The summed E-state index contributed by atoms with van der Waals surface area (Å²) in [5.41, 5.74) is -0.402. The van der Waals surface area contributed by atoms with E-state index >= 15 is 0 Å². The SMILES string of the molecule is O=C(COc1cccnc1)N1CC[C@]2(CCCN(C3CCOCC3)C2=O)C1. The zero-order chi connectivity index (χ0) is 18.7. The molecule has 1 aromatic heterocycles. The van der Waals surface area contributed by atoms with Crippen molar-refractivity contribution in [2.45, 2.75) is 38.1 Å². The first-order chi connectivity index (χ1) is 13.2. The van der Waals surface area contributed by atoms with Gasteiger partial charge in [-0.05, 0) is 44.2 Å². The van der Waals surface area contributed by atoms with Gasteiger partial charge in [0.2, 0.25) is 5.91 Å². The lowest BCUT2D eigenvalue weighted by Crippen LogP contribution is -2.55. The molecule has 3 saturated heterocycles. The van der Waals surface area contributed by atoms with Gasteiger partial charge < -0.3 is 19.3 Å². The molecule has 7 nitrogen and oxygen atoms in total. The molecule has 3 fully saturated rings. The van der Waals surface area contributed by atoms with Gasteiger partial charge in [-0.25, -0.2) is 0 Å². The molecule has 2 amide bonds. The molecule has 0 radical (unpaired) electrons. The number of hydrogen-bond donors (Lipinski definition) is 0. The van der Waals surface area contributed by atoms with E-state index < -0.39 is 5.41 Å². The molecule has 0 saturated carbocycles. The van der Waals surface area contributed by atoms with Gasteiger partial charge in [0.25, 0.3) is 5.91 Å². The Balaban J connectivity index is 1.36. The Morgan fingerprint density at radius 2 is 2.15 bits per heavy atom. The summed E-state index contributed by atoms with van der Waals surface area (Å²) < 4.78 is 11.0. The van der Waals surface area contributed by atoms with Gasteiger partial charge in [-0.3, -0.25) is 14.6 Å². The van der Waals surface area contributed by atoms with Gasteiger partial charge in [0.05, 0.1) is 11.6 Å². The number of nitrogens with zero attached hydrogens (tertiary/aromatic N) is 3. The second kappa shape index (κ2) is 7.84. The third-order valence-electron chi connectivity index (χ3n) is 6.10. The minimum Gasteiger partial charge on any atom is -0.482 e. The van der Waals surface area contributed by atoms with E-state index in [4.69, 9.17) is 9.47 Å². The number of amides is 2. The minimum absolute atomic E-state index is 0.0142. The number of carbonyl (C=O) groups excluding carboxylic acids is 2. The van der Waals surface area contributed by atoms with Crippen molar-refractivity contribution in [3.8, 4) is 5.75 Å². The van der Waals surface area contributed by atoms with Gasteiger partial charge in [0, 0.05) is 45.1 Å². The van der Waals surface area contributed by atoms with Gasteiger partial charge in [-0.15, -0.1) is 0 Å². The van der Waals surface area contributed by atoms with Crippen LogP contribution in [-0.2, 0) is 14.3 Å². The summed E-state index contributed by atoms with van der Waals surface area (Å²) >= 11 is 0. The van der Waals surface area contributed by atoms with Crippen molar-refractivity contribution in [1.29, 1.82) is 0 Å². The van der Waals surface area contributed by atoms with Crippen LogP contribution in [0.15, 0.2) is 24.5 Å². The first-order valence-electron chi connectivity index (χ1n) is 9.87. The monoisotopic (exact) mass is 373 g/mol. The molecule has 1 spiro atoms. The summed E-state index contributed by atoms with van der Waals surface area (Å²) in [5.74, 6) is 0.759. The highest BCUT2D eigenvalue weighted by Crippen LogP contribution is 2.41. The largest absolute Gasteiger partial charge is 0.482 e. The third-order valence-corrected chi connectivity index (χ3v) is 6.10. The van der Waals surface area contributed by atoms with Crippen molar-refractivity contribution < 1.29 is 19.1 Å². The molecule has 0 aromatic carbocycles. The van der Waals surface area contributed by atoms with Crippen molar-refractivity contribution in [3.63, 3.8) is 0 Å². The summed E-state index contributed by atoms with van der Waals surface area (Å²) in [6.45, 7) is 3.43. The van der Waals surface area contributed by atoms with Crippen LogP contribution in [0, 0.1) is 5.41 Å². The van der Waals surface area contributed by atoms with Crippen molar-refractivity contribution in [2.24, 2.45) is 5.41 Å². The predicted octanol–water partition coefficient (Wildman–Crippen LogP) is 1.48. The van der Waals surface area contributed by atoms with Crippen molar-refractivity contribution in [1.82, 2.24) is 14.8 Å².